The van der Waals surface area contributed by atoms with E-state index in [0.29, 0.717) is 33.0 Å². The third-order valence-corrected chi connectivity index (χ3v) is 4.66. The van der Waals surface area contributed by atoms with Crippen LogP contribution < -0.4 is 0 Å². The van der Waals surface area contributed by atoms with E-state index in [-0.39, 0.29) is 18.1 Å². The molecule has 7 heteroatoms. The zero-order valence-corrected chi connectivity index (χ0v) is 12.8. The molecule has 0 fully saturated rings. The van der Waals surface area contributed by atoms with Gasteiger partial charge in [0, 0.05) is 30.1 Å². The molecule has 0 atom stereocenters. The summed E-state index contributed by atoms with van der Waals surface area (Å²) in [6.07, 6.45) is 0.373. The normalized spacial score (nSPS) is 10.8. The Labute approximate surface area is 129 Å². The van der Waals surface area contributed by atoms with Crippen LogP contribution in [0, 0.1) is 5.82 Å². The Kier molecular flexibility index (Phi) is 4.80. The highest BCUT2D eigenvalue weighted by Gasteiger charge is 2.20. The molecule has 1 aromatic carbocycles. The van der Waals surface area contributed by atoms with Crippen molar-refractivity contribution >= 4 is 44.9 Å². The largest absolute Gasteiger partial charge is 0.481 e. The number of carboxylic acid groups (broad SMARTS) is 1. The van der Waals surface area contributed by atoms with Crippen LogP contribution in [0.4, 0.5) is 4.39 Å². The molecule has 0 radical (unpaired) electrons. The quantitative estimate of drug-likeness (QED) is 0.911. The molecule has 0 aliphatic rings. The van der Waals surface area contributed by atoms with E-state index in [9.17, 15) is 14.0 Å². The first-order chi connectivity index (χ1) is 9.90. The van der Waals surface area contributed by atoms with Crippen LogP contribution in [0.5, 0.6) is 0 Å². The van der Waals surface area contributed by atoms with Crippen LogP contribution in [0.25, 0.3) is 10.1 Å². The number of carbonyl (C=O) groups is 2. The summed E-state index contributed by atoms with van der Waals surface area (Å²) in [7, 11) is 1.59. The summed E-state index contributed by atoms with van der Waals surface area (Å²) in [5.74, 6) is -1.56. The van der Waals surface area contributed by atoms with Crippen molar-refractivity contribution in [2.45, 2.75) is 12.8 Å². The van der Waals surface area contributed by atoms with E-state index in [0.717, 1.165) is 11.3 Å². The van der Waals surface area contributed by atoms with Crippen LogP contribution in [0.2, 0.25) is 5.02 Å². The lowest BCUT2D eigenvalue weighted by atomic mass is 10.2. The fourth-order valence-corrected chi connectivity index (χ4v) is 3.45. The summed E-state index contributed by atoms with van der Waals surface area (Å²) in [6.45, 7) is 0.323. The molecule has 2 rings (SSSR count). The molecule has 4 nitrogen and oxygen atoms in total. The van der Waals surface area contributed by atoms with Crippen molar-refractivity contribution in [3.05, 3.63) is 33.9 Å². The summed E-state index contributed by atoms with van der Waals surface area (Å²) in [4.78, 5) is 24.5. The Morgan fingerprint density at radius 2 is 2.14 bits per heavy atom. The number of aliphatic carboxylic acids is 1. The standard InChI is InChI=1S/C14H13ClFNO3S/c1-17(6-2-3-11(18)19)14(20)13-12(15)9-5-4-8(16)7-10(9)21-13/h4-5,7H,2-3,6H2,1H3,(H,18,19). The van der Waals surface area contributed by atoms with Crippen LogP contribution in [0.15, 0.2) is 18.2 Å². The molecule has 0 bridgehead atoms. The molecule has 112 valence electrons. The molecule has 0 spiro atoms. The summed E-state index contributed by atoms with van der Waals surface area (Å²) < 4.78 is 13.8. The molecule has 0 aliphatic carbocycles. The average Bonchev–Trinajstić information content (AvgIpc) is 2.74. The number of carbonyl (C=O) groups excluding carboxylic acids is 1. The predicted molar refractivity (Wildman–Crippen MR) is 80.6 cm³/mol. The number of amides is 1. The molecule has 1 heterocycles. The lowest BCUT2D eigenvalue weighted by Crippen LogP contribution is -2.27. The number of rotatable bonds is 5. The van der Waals surface area contributed by atoms with Crippen molar-refractivity contribution in [2.75, 3.05) is 13.6 Å². The second-order valence-corrected chi connectivity index (χ2v) is 6.04. The van der Waals surface area contributed by atoms with Crippen molar-refractivity contribution in [3.8, 4) is 0 Å². The van der Waals surface area contributed by atoms with E-state index in [4.69, 9.17) is 16.7 Å². The van der Waals surface area contributed by atoms with Gasteiger partial charge in [-0.3, -0.25) is 9.59 Å². The van der Waals surface area contributed by atoms with Crippen molar-refractivity contribution in [2.24, 2.45) is 0 Å². The molecular formula is C14H13ClFNO3S. The molecule has 0 saturated heterocycles. The van der Waals surface area contributed by atoms with Crippen molar-refractivity contribution in [1.82, 2.24) is 4.90 Å². The Balaban J connectivity index is 2.19. The number of hydrogen-bond donors (Lipinski definition) is 1. The number of halogens is 2. The zero-order chi connectivity index (χ0) is 15.6. The van der Waals surface area contributed by atoms with Gasteiger partial charge >= 0.3 is 5.97 Å². The van der Waals surface area contributed by atoms with E-state index in [1.54, 1.807) is 13.1 Å². The van der Waals surface area contributed by atoms with Crippen LogP contribution in [-0.4, -0.2) is 35.5 Å². The lowest BCUT2D eigenvalue weighted by molar-refractivity contribution is -0.137. The number of hydrogen-bond acceptors (Lipinski definition) is 3. The highest BCUT2D eigenvalue weighted by molar-refractivity contribution is 7.21. The minimum absolute atomic E-state index is 0.00296. The topological polar surface area (TPSA) is 57.6 Å². The smallest absolute Gasteiger partial charge is 0.303 e. The van der Waals surface area contributed by atoms with Crippen LogP contribution in [0.3, 0.4) is 0 Å². The molecule has 1 N–H and O–H groups in total. The van der Waals surface area contributed by atoms with Gasteiger partial charge in [0.05, 0.1) is 5.02 Å². The highest BCUT2D eigenvalue weighted by atomic mass is 35.5. The van der Waals surface area contributed by atoms with Crippen LogP contribution >= 0.6 is 22.9 Å². The minimum atomic E-state index is -0.897. The summed E-state index contributed by atoms with van der Waals surface area (Å²) in [6, 6.07) is 4.18. The van der Waals surface area contributed by atoms with Gasteiger partial charge < -0.3 is 10.0 Å². The maximum absolute atomic E-state index is 13.2. The van der Waals surface area contributed by atoms with Crippen LogP contribution in [0.1, 0.15) is 22.5 Å². The molecule has 0 unspecified atom stereocenters. The lowest BCUT2D eigenvalue weighted by Gasteiger charge is -2.15. The number of benzene rings is 1. The highest BCUT2D eigenvalue weighted by Crippen LogP contribution is 2.36. The predicted octanol–water partition coefficient (Wildman–Crippen LogP) is 3.63. The Bertz CT molecular complexity index is 701. The first kappa shape index (κ1) is 15.7. The number of fused-ring (bicyclic) bond motifs is 1. The maximum Gasteiger partial charge on any atom is 0.303 e. The van der Waals surface area contributed by atoms with Gasteiger partial charge in [-0.15, -0.1) is 11.3 Å². The van der Waals surface area contributed by atoms with Gasteiger partial charge in [-0.25, -0.2) is 4.39 Å². The molecule has 1 aromatic heterocycles. The second kappa shape index (κ2) is 6.41. The number of nitrogens with zero attached hydrogens (tertiary/aromatic N) is 1. The molecule has 2 aromatic rings. The van der Waals surface area contributed by atoms with Gasteiger partial charge in [-0.2, -0.15) is 0 Å². The van der Waals surface area contributed by atoms with E-state index >= 15 is 0 Å². The fraction of sp³-hybridized carbons (Fsp3) is 0.286. The van der Waals surface area contributed by atoms with Crippen molar-refractivity contribution < 1.29 is 19.1 Å². The van der Waals surface area contributed by atoms with Gasteiger partial charge in [0.25, 0.3) is 5.91 Å². The molecule has 1 amide bonds. The van der Waals surface area contributed by atoms with E-state index < -0.39 is 5.97 Å². The molecule has 0 saturated carbocycles. The third kappa shape index (κ3) is 3.51. The Morgan fingerprint density at radius 1 is 1.43 bits per heavy atom. The summed E-state index contributed by atoms with van der Waals surface area (Å²) in [5.41, 5.74) is 0. The maximum atomic E-state index is 13.2. The summed E-state index contributed by atoms with van der Waals surface area (Å²) in [5, 5.41) is 9.54. The number of thiophene rings is 1. The molecule has 21 heavy (non-hydrogen) atoms. The first-order valence-electron chi connectivity index (χ1n) is 6.25. The van der Waals surface area contributed by atoms with E-state index in [1.165, 1.54) is 17.0 Å². The monoisotopic (exact) mass is 329 g/mol. The second-order valence-electron chi connectivity index (χ2n) is 4.61. The Morgan fingerprint density at radius 3 is 2.81 bits per heavy atom. The van der Waals surface area contributed by atoms with Crippen molar-refractivity contribution in [3.63, 3.8) is 0 Å². The van der Waals surface area contributed by atoms with Gasteiger partial charge in [-0.05, 0) is 24.6 Å². The first-order valence-corrected chi connectivity index (χ1v) is 7.44. The van der Waals surface area contributed by atoms with Gasteiger partial charge in [0.2, 0.25) is 0 Å². The SMILES string of the molecule is CN(CCCC(=O)O)C(=O)c1sc2cc(F)ccc2c1Cl. The molecule has 0 aliphatic heterocycles. The third-order valence-electron chi connectivity index (χ3n) is 3.02. The minimum Gasteiger partial charge on any atom is -0.481 e. The van der Waals surface area contributed by atoms with E-state index in [2.05, 4.69) is 0 Å². The van der Waals surface area contributed by atoms with Crippen molar-refractivity contribution in [1.29, 1.82) is 0 Å². The van der Waals surface area contributed by atoms with Gasteiger partial charge in [0.15, 0.2) is 0 Å². The van der Waals surface area contributed by atoms with Gasteiger partial charge in [-0.1, -0.05) is 11.6 Å². The Hall–Kier alpha value is -1.66. The number of carboxylic acids is 1. The van der Waals surface area contributed by atoms with Crippen LogP contribution in [-0.2, 0) is 4.79 Å². The zero-order valence-electron chi connectivity index (χ0n) is 11.2. The van der Waals surface area contributed by atoms with E-state index in [1.807, 2.05) is 0 Å². The summed E-state index contributed by atoms with van der Waals surface area (Å²) >= 11 is 7.31. The average molecular weight is 330 g/mol. The molecular weight excluding hydrogens is 317 g/mol. The fourth-order valence-electron chi connectivity index (χ4n) is 1.92. The van der Waals surface area contributed by atoms with Gasteiger partial charge in [0.1, 0.15) is 10.7 Å².